The number of nitrogens with zero attached hydrogens (tertiary/aromatic N) is 3. The van der Waals surface area contributed by atoms with E-state index in [0.717, 1.165) is 28.4 Å². The molecule has 1 aliphatic carbocycles. The Morgan fingerprint density at radius 3 is 2.38 bits per heavy atom. The topological polar surface area (TPSA) is 18.8 Å². The zero-order chi connectivity index (χ0) is 26.8. The zero-order valence-electron chi connectivity index (χ0n) is 22.7. The Balaban J connectivity index is 1.39. The van der Waals surface area contributed by atoms with Gasteiger partial charge in [0.25, 0.3) is 0 Å². The van der Waals surface area contributed by atoms with Crippen LogP contribution in [0.5, 0.6) is 0 Å². The number of hydrogen-bond donors (Lipinski definition) is 0. The number of para-hydroxylation sites is 1. The maximum absolute atomic E-state index is 5.18. The van der Waals surface area contributed by atoms with Crippen molar-refractivity contribution in [1.29, 1.82) is 0 Å². The Labute approximate surface area is 231 Å². The summed E-state index contributed by atoms with van der Waals surface area (Å²) in [6.07, 6.45) is 19.7. The molecule has 3 aliphatic rings. The van der Waals surface area contributed by atoms with Gasteiger partial charge in [-0.05, 0) is 73.0 Å². The number of aliphatic imine (C=N–C) groups is 1. The van der Waals surface area contributed by atoms with Crippen LogP contribution in [-0.4, -0.2) is 23.8 Å². The van der Waals surface area contributed by atoms with Gasteiger partial charge in [0.05, 0.1) is 17.8 Å². The fourth-order valence-electron chi connectivity index (χ4n) is 5.67. The molecule has 3 aromatic rings. The minimum atomic E-state index is 0.0924. The monoisotopic (exact) mass is 507 g/mol. The maximum Gasteiger partial charge on any atom is 0.137 e. The lowest BCUT2D eigenvalue weighted by Gasteiger charge is -2.36. The standard InChI is InChI=1S/C36H33N3/c1-4-13-26(5-2)33-25-35(27-14-7-6-8-15-27)38(3)36(37-33)28-20-22-30(23-21-28)39-31-17-10-9-16-29(24-31)32-18-11-12-19-34(32)39/h4-25,31,35H,1-3H3/b13-4-,26-5+. The molecule has 2 bridgehead atoms. The van der Waals surface area contributed by atoms with E-state index in [4.69, 9.17) is 4.99 Å². The Morgan fingerprint density at radius 1 is 0.846 bits per heavy atom. The lowest BCUT2D eigenvalue weighted by atomic mass is 9.94. The van der Waals surface area contributed by atoms with Crippen molar-refractivity contribution in [2.24, 2.45) is 4.99 Å². The molecule has 2 atom stereocenters. The van der Waals surface area contributed by atoms with E-state index in [0.29, 0.717) is 0 Å². The molecule has 6 rings (SSSR count). The Morgan fingerprint density at radius 2 is 1.62 bits per heavy atom. The van der Waals surface area contributed by atoms with Crippen molar-refractivity contribution in [3.05, 3.63) is 162 Å². The molecule has 0 spiro atoms. The van der Waals surface area contributed by atoms with Gasteiger partial charge in [0, 0.05) is 29.5 Å². The van der Waals surface area contributed by atoms with Crippen LogP contribution in [0.1, 0.15) is 36.6 Å². The summed E-state index contributed by atoms with van der Waals surface area (Å²) < 4.78 is 0. The van der Waals surface area contributed by atoms with Crippen molar-refractivity contribution in [3.8, 4) is 0 Å². The SMILES string of the molecule is C/C=C\C(=C/C)C1=CC(c2ccccc2)N(C)C(c2ccc(N3c4ccccc4C4=CC3C=CC=C4)cc2)=N1. The number of rotatable bonds is 5. The van der Waals surface area contributed by atoms with Gasteiger partial charge >= 0.3 is 0 Å². The van der Waals surface area contributed by atoms with Gasteiger partial charge < -0.3 is 9.80 Å². The maximum atomic E-state index is 5.18. The van der Waals surface area contributed by atoms with Crippen molar-refractivity contribution < 1.29 is 0 Å². The number of benzene rings is 3. The van der Waals surface area contributed by atoms with Gasteiger partial charge in [-0.25, -0.2) is 4.99 Å². The number of likely N-dealkylation sites (N-methyl/N-ethyl adjacent to an activating group) is 1. The van der Waals surface area contributed by atoms with Gasteiger partial charge in [-0.3, -0.25) is 0 Å². The summed E-state index contributed by atoms with van der Waals surface area (Å²) in [6.45, 7) is 4.12. The quantitative estimate of drug-likeness (QED) is 0.322. The van der Waals surface area contributed by atoms with Gasteiger partial charge in [0.1, 0.15) is 5.84 Å². The molecule has 0 aromatic heterocycles. The lowest BCUT2D eigenvalue weighted by Crippen LogP contribution is -2.34. The minimum absolute atomic E-state index is 0.0924. The van der Waals surface area contributed by atoms with Gasteiger partial charge in [-0.15, -0.1) is 0 Å². The highest BCUT2D eigenvalue weighted by Gasteiger charge is 2.28. The van der Waals surface area contributed by atoms with E-state index in [1.54, 1.807) is 0 Å². The molecule has 0 fully saturated rings. The second-order valence-corrected chi connectivity index (χ2v) is 9.99. The van der Waals surface area contributed by atoms with Crippen LogP contribution < -0.4 is 4.90 Å². The lowest BCUT2D eigenvalue weighted by molar-refractivity contribution is 0.430. The third-order valence-corrected chi connectivity index (χ3v) is 7.61. The molecule has 0 saturated heterocycles. The highest BCUT2D eigenvalue weighted by Crippen LogP contribution is 2.41. The van der Waals surface area contributed by atoms with E-state index in [1.807, 2.05) is 6.92 Å². The van der Waals surface area contributed by atoms with Crippen molar-refractivity contribution >= 4 is 22.8 Å². The van der Waals surface area contributed by atoms with Crippen molar-refractivity contribution in [2.45, 2.75) is 25.9 Å². The highest BCUT2D eigenvalue weighted by atomic mass is 15.2. The smallest absolute Gasteiger partial charge is 0.137 e. The first-order chi connectivity index (χ1) is 19.2. The predicted molar refractivity (Wildman–Crippen MR) is 165 cm³/mol. The fourth-order valence-corrected chi connectivity index (χ4v) is 5.67. The molecule has 2 aliphatic heterocycles. The molecule has 2 unspecified atom stereocenters. The first kappa shape index (κ1) is 24.7. The van der Waals surface area contributed by atoms with Crippen LogP contribution in [0.15, 0.2) is 150 Å². The van der Waals surface area contributed by atoms with Gasteiger partial charge in [-0.2, -0.15) is 0 Å². The van der Waals surface area contributed by atoms with Gasteiger partial charge in [-0.1, -0.05) is 91.1 Å². The first-order valence-corrected chi connectivity index (χ1v) is 13.6. The summed E-state index contributed by atoms with van der Waals surface area (Å²) in [6, 6.07) is 28.5. The summed E-state index contributed by atoms with van der Waals surface area (Å²) in [7, 11) is 2.14. The number of amidine groups is 1. The third-order valence-electron chi connectivity index (χ3n) is 7.61. The summed E-state index contributed by atoms with van der Waals surface area (Å²) >= 11 is 0. The van der Waals surface area contributed by atoms with E-state index in [2.05, 4.69) is 157 Å². The van der Waals surface area contributed by atoms with Gasteiger partial charge in [0.2, 0.25) is 0 Å². The Kier molecular flexibility index (Phi) is 6.73. The van der Waals surface area contributed by atoms with E-state index < -0.39 is 0 Å². The molecule has 3 heteroatoms. The molecule has 192 valence electrons. The molecule has 0 N–H and O–H groups in total. The first-order valence-electron chi connectivity index (χ1n) is 13.6. The van der Waals surface area contributed by atoms with Crippen LogP contribution in [0.25, 0.3) is 5.57 Å². The van der Waals surface area contributed by atoms with Crippen LogP contribution in [0, 0.1) is 0 Å². The fraction of sp³-hybridized carbons (Fsp3) is 0.139. The normalized spacial score (nSPS) is 20.4. The molecule has 39 heavy (non-hydrogen) atoms. The van der Waals surface area contributed by atoms with E-state index >= 15 is 0 Å². The van der Waals surface area contributed by atoms with Crippen LogP contribution in [0.4, 0.5) is 11.4 Å². The molecule has 3 aromatic carbocycles. The van der Waals surface area contributed by atoms with Crippen molar-refractivity contribution in [2.75, 3.05) is 11.9 Å². The molecule has 0 radical (unpaired) electrons. The van der Waals surface area contributed by atoms with Crippen LogP contribution >= 0.6 is 0 Å². The van der Waals surface area contributed by atoms with Crippen molar-refractivity contribution in [3.63, 3.8) is 0 Å². The minimum Gasteiger partial charge on any atom is -0.349 e. The summed E-state index contributed by atoms with van der Waals surface area (Å²) in [5.74, 6) is 0.969. The Bertz CT molecular complexity index is 1580. The summed E-state index contributed by atoms with van der Waals surface area (Å²) in [5.41, 5.74) is 9.41. The molecule has 3 nitrogen and oxygen atoms in total. The average Bonchev–Trinajstić information content (AvgIpc) is 3.20. The summed E-state index contributed by atoms with van der Waals surface area (Å²) in [5, 5.41) is 0. The molecule has 0 amide bonds. The average molecular weight is 508 g/mol. The summed E-state index contributed by atoms with van der Waals surface area (Å²) in [4.78, 5) is 9.88. The third kappa shape index (κ3) is 4.61. The highest BCUT2D eigenvalue weighted by molar-refractivity contribution is 6.01. The predicted octanol–water partition coefficient (Wildman–Crippen LogP) is 8.56. The zero-order valence-corrected chi connectivity index (χ0v) is 22.7. The number of hydrogen-bond acceptors (Lipinski definition) is 3. The number of fused-ring (bicyclic) bond motifs is 3. The van der Waals surface area contributed by atoms with E-state index in [1.165, 1.54) is 22.4 Å². The van der Waals surface area contributed by atoms with Crippen LogP contribution in [0.3, 0.4) is 0 Å². The second kappa shape index (κ2) is 10.6. The van der Waals surface area contributed by atoms with Crippen LogP contribution in [-0.2, 0) is 0 Å². The Hall–Kier alpha value is -4.63. The number of anilines is 2. The number of allylic oxidation sites excluding steroid dienone is 7. The largest absolute Gasteiger partial charge is 0.349 e. The van der Waals surface area contributed by atoms with Crippen LogP contribution in [0.2, 0.25) is 0 Å². The molecular formula is C36H33N3. The molecule has 2 heterocycles. The van der Waals surface area contributed by atoms with E-state index in [9.17, 15) is 0 Å². The van der Waals surface area contributed by atoms with Gasteiger partial charge in [0.15, 0.2) is 0 Å². The molecule has 0 saturated carbocycles. The second-order valence-electron chi connectivity index (χ2n) is 9.99. The van der Waals surface area contributed by atoms with E-state index in [-0.39, 0.29) is 12.1 Å². The molecular weight excluding hydrogens is 474 g/mol. The van der Waals surface area contributed by atoms with Crippen molar-refractivity contribution in [1.82, 2.24) is 4.90 Å².